The first-order valence-corrected chi connectivity index (χ1v) is 15.9. The van der Waals surface area contributed by atoms with Gasteiger partial charge in [0.05, 0.1) is 31.0 Å². The van der Waals surface area contributed by atoms with Crippen molar-refractivity contribution in [3.8, 4) is 18.1 Å². The van der Waals surface area contributed by atoms with Gasteiger partial charge in [-0.25, -0.2) is 4.79 Å². The number of carbonyl (C=O) groups excluding carboxylic acids is 3. The minimum absolute atomic E-state index is 0.155. The number of rotatable bonds is 7. The van der Waals surface area contributed by atoms with Gasteiger partial charge in [-0.1, -0.05) is 42.3 Å². The Hall–Kier alpha value is -3.65. The van der Waals surface area contributed by atoms with Crippen molar-refractivity contribution in [1.82, 2.24) is 0 Å². The van der Waals surface area contributed by atoms with Gasteiger partial charge in [-0.15, -0.1) is 12.3 Å². The van der Waals surface area contributed by atoms with Gasteiger partial charge >= 0.3 is 12.1 Å². The second-order valence-electron chi connectivity index (χ2n) is 12.2. The van der Waals surface area contributed by atoms with E-state index in [1.165, 1.54) is 12.0 Å². The SMILES string of the molecule is C#CCCCCC(=O)O[C@H]1CC(=O)N(C)c2cc(cc(OC)c2Cl)C/C(C)=C/C=C/[C@@H](OC)C2=NC(=O)O[C@@H](C2)[C@@H](C)[C@@H]2O[C@@]12C. The Morgan fingerprint density at radius 2 is 2.00 bits per heavy atom. The molecule has 11 heteroatoms. The summed E-state index contributed by atoms with van der Waals surface area (Å²) in [4.78, 5) is 45.1. The maximum Gasteiger partial charge on any atom is 0.433 e. The Balaban J connectivity index is 1.73. The normalized spacial score (nSPS) is 30.1. The molecule has 4 bridgehead atoms. The number of allylic oxidation sites excluding steroid dienone is 3. The van der Waals surface area contributed by atoms with E-state index >= 15 is 0 Å². The molecule has 248 valence electrons. The van der Waals surface area contributed by atoms with E-state index in [1.54, 1.807) is 14.2 Å². The van der Waals surface area contributed by atoms with Crippen molar-refractivity contribution in [2.24, 2.45) is 10.9 Å². The van der Waals surface area contributed by atoms with E-state index < -0.39 is 42.1 Å². The third-order valence-electron chi connectivity index (χ3n) is 8.84. The predicted molar refractivity (Wildman–Crippen MR) is 175 cm³/mol. The second-order valence-corrected chi connectivity index (χ2v) is 12.6. The van der Waals surface area contributed by atoms with Crippen molar-refractivity contribution >= 4 is 41.0 Å². The molecule has 0 N–H and O–H groups in total. The highest BCUT2D eigenvalue weighted by atomic mass is 35.5. The first kappa shape index (κ1) is 35.2. The maximum absolute atomic E-state index is 13.9. The monoisotopic (exact) mass is 654 g/mol. The smallest absolute Gasteiger partial charge is 0.433 e. The molecular formula is C35H43ClN2O8. The molecule has 2 amide bonds. The number of nitrogens with zero attached hydrogens (tertiary/aromatic N) is 2. The van der Waals surface area contributed by atoms with Gasteiger partial charge in [0, 0.05) is 39.3 Å². The second kappa shape index (κ2) is 15.3. The number of hydrogen-bond acceptors (Lipinski definition) is 8. The number of ether oxygens (including phenoxy) is 5. The van der Waals surface area contributed by atoms with Gasteiger partial charge in [0.2, 0.25) is 5.91 Å². The number of anilines is 1. The van der Waals surface area contributed by atoms with Crippen LogP contribution in [0.2, 0.25) is 5.02 Å². The molecule has 3 aliphatic rings. The molecule has 0 saturated carbocycles. The van der Waals surface area contributed by atoms with Gasteiger partial charge in [0.25, 0.3) is 0 Å². The highest BCUT2D eigenvalue weighted by Gasteiger charge is 2.63. The van der Waals surface area contributed by atoms with Gasteiger partial charge < -0.3 is 28.6 Å². The molecule has 1 aromatic rings. The Kier molecular flexibility index (Phi) is 11.7. The summed E-state index contributed by atoms with van der Waals surface area (Å²) in [5.74, 6) is 1.91. The lowest BCUT2D eigenvalue weighted by Crippen LogP contribution is -2.43. The summed E-state index contributed by atoms with van der Waals surface area (Å²) in [5.41, 5.74) is 1.88. The highest BCUT2D eigenvalue weighted by Crippen LogP contribution is 2.48. The Labute approximate surface area is 276 Å². The summed E-state index contributed by atoms with van der Waals surface area (Å²) in [6, 6.07) is 3.69. The molecule has 0 spiro atoms. The van der Waals surface area contributed by atoms with E-state index in [4.69, 9.17) is 41.7 Å². The zero-order valence-electron chi connectivity index (χ0n) is 27.3. The van der Waals surface area contributed by atoms with E-state index in [0.717, 1.165) is 11.1 Å². The number of unbranched alkanes of at least 4 members (excludes halogenated alkanes) is 2. The lowest BCUT2D eigenvalue weighted by atomic mass is 9.85. The number of esters is 1. The number of aliphatic imine (C=N–C) groups is 1. The van der Waals surface area contributed by atoms with Crippen LogP contribution in [0.25, 0.3) is 0 Å². The molecule has 1 saturated heterocycles. The Morgan fingerprint density at radius 3 is 2.70 bits per heavy atom. The van der Waals surface area contributed by atoms with Gasteiger partial charge in [-0.2, -0.15) is 4.99 Å². The molecule has 1 fully saturated rings. The first-order chi connectivity index (χ1) is 21.9. The third kappa shape index (κ3) is 8.19. The molecule has 0 aliphatic carbocycles. The van der Waals surface area contributed by atoms with E-state index in [1.807, 2.05) is 51.1 Å². The summed E-state index contributed by atoms with van der Waals surface area (Å²) in [6.07, 6.45) is 10.5. The fourth-order valence-electron chi connectivity index (χ4n) is 6.03. The van der Waals surface area contributed by atoms with E-state index in [9.17, 15) is 14.4 Å². The van der Waals surface area contributed by atoms with Gasteiger partial charge in [-0.3, -0.25) is 9.59 Å². The molecule has 3 heterocycles. The average Bonchev–Trinajstić information content (AvgIpc) is 3.72. The van der Waals surface area contributed by atoms with Crippen molar-refractivity contribution in [3.05, 3.63) is 46.5 Å². The largest absolute Gasteiger partial charge is 0.495 e. The van der Waals surface area contributed by atoms with Gasteiger partial charge in [0.15, 0.2) is 0 Å². The molecular weight excluding hydrogens is 612 g/mol. The van der Waals surface area contributed by atoms with Gasteiger partial charge in [0.1, 0.15) is 34.7 Å². The summed E-state index contributed by atoms with van der Waals surface area (Å²) in [6.45, 7) is 5.70. The fourth-order valence-corrected chi connectivity index (χ4v) is 6.34. The number of fused-ring (bicyclic) bond motifs is 5. The molecule has 6 atom stereocenters. The molecule has 0 unspecified atom stereocenters. The predicted octanol–water partition coefficient (Wildman–Crippen LogP) is 6.02. The maximum atomic E-state index is 13.9. The van der Waals surface area contributed by atoms with Crippen LogP contribution in [0.3, 0.4) is 0 Å². The van der Waals surface area contributed by atoms with Crippen LogP contribution in [0, 0.1) is 18.3 Å². The van der Waals surface area contributed by atoms with E-state index in [-0.39, 0.29) is 29.7 Å². The number of halogens is 1. The fraction of sp³-hybridized carbons (Fsp3) is 0.543. The summed E-state index contributed by atoms with van der Waals surface area (Å²) < 4.78 is 29.1. The molecule has 10 nitrogen and oxygen atoms in total. The summed E-state index contributed by atoms with van der Waals surface area (Å²) >= 11 is 6.72. The van der Waals surface area contributed by atoms with Crippen molar-refractivity contribution in [2.45, 2.75) is 95.7 Å². The molecule has 4 rings (SSSR count). The third-order valence-corrected chi connectivity index (χ3v) is 9.22. The quantitative estimate of drug-likeness (QED) is 0.152. The zero-order valence-corrected chi connectivity index (χ0v) is 28.1. The summed E-state index contributed by atoms with van der Waals surface area (Å²) in [7, 11) is 4.71. The highest BCUT2D eigenvalue weighted by molar-refractivity contribution is 6.35. The minimum atomic E-state index is -1.01. The molecule has 1 aromatic carbocycles. The number of carbonyl (C=O) groups is 3. The van der Waals surface area contributed by atoms with Crippen LogP contribution in [0.15, 0.2) is 40.9 Å². The first-order valence-electron chi connectivity index (χ1n) is 15.5. The minimum Gasteiger partial charge on any atom is -0.495 e. The number of terminal acetylenes is 1. The summed E-state index contributed by atoms with van der Waals surface area (Å²) in [5, 5.41) is 0.287. The topological polar surface area (TPSA) is 116 Å². The van der Waals surface area contributed by atoms with E-state index in [2.05, 4.69) is 10.9 Å². The molecule has 46 heavy (non-hydrogen) atoms. The van der Waals surface area contributed by atoms with Crippen molar-refractivity contribution in [1.29, 1.82) is 0 Å². The van der Waals surface area contributed by atoms with Crippen molar-refractivity contribution < 1.29 is 38.1 Å². The zero-order chi connectivity index (χ0) is 33.6. The van der Waals surface area contributed by atoms with E-state index in [0.29, 0.717) is 49.3 Å². The number of benzene rings is 1. The lowest BCUT2D eigenvalue weighted by molar-refractivity contribution is -0.154. The number of epoxide rings is 1. The lowest BCUT2D eigenvalue weighted by Gasteiger charge is -2.30. The van der Waals surface area contributed by atoms with Crippen LogP contribution >= 0.6 is 11.6 Å². The van der Waals surface area contributed by atoms with Crippen LogP contribution in [0.4, 0.5) is 10.5 Å². The molecule has 3 aliphatic heterocycles. The van der Waals surface area contributed by atoms with Crippen LogP contribution in [-0.4, -0.2) is 75.0 Å². The van der Waals surface area contributed by atoms with Crippen LogP contribution in [0.1, 0.15) is 64.9 Å². The molecule has 0 radical (unpaired) electrons. The number of methoxy groups -OCH3 is 2. The Morgan fingerprint density at radius 1 is 1.24 bits per heavy atom. The molecule has 0 aromatic heterocycles. The number of hydrogen-bond donors (Lipinski definition) is 0. The Bertz CT molecular complexity index is 1460. The van der Waals surface area contributed by atoms with Gasteiger partial charge in [-0.05, 0) is 50.8 Å². The standard InChI is InChI=1S/C35H43ClN2O8/c1-8-9-10-11-15-31(40)45-29-20-30(39)38(5)25-17-23(18-28(43-7)32(25)36)16-21(2)13-12-14-26(42-6)24-19-27(44-34(41)37-24)22(3)33-35(29,4)46-33/h1,12-14,17-18,22,26-27,29,33H,9-11,15-16,19-20H2,2-7H3/b14-12+,21-13+/t22-,26-,27+,29+,33+,35+/m1/s1. The van der Waals surface area contributed by atoms with Crippen LogP contribution in [-0.2, 0) is 35.0 Å². The van der Waals surface area contributed by atoms with Crippen molar-refractivity contribution in [3.63, 3.8) is 0 Å². The number of amides is 2. The average molecular weight is 655 g/mol. The van der Waals surface area contributed by atoms with Crippen LogP contribution < -0.4 is 9.64 Å². The van der Waals surface area contributed by atoms with Crippen LogP contribution in [0.5, 0.6) is 5.75 Å². The van der Waals surface area contributed by atoms with Crippen molar-refractivity contribution in [2.75, 3.05) is 26.2 Å².